The number of hydrogen-bond acceptors (Lipinski definition) is 2. The molecule has 0 radical (unpaired) electrons. The molecule has 0 amide bonds. The molecule has 0 aromatic carbocycles. The molecule has 0 bridgehead atoms. The van der Waals surface area contributed by atoms with Gasteiger partial charge in [0.2, 0.25) is 0 Å². The van der Waals surface area contributed by atoms with E-state index in [-0.39, 0.29) is 0 Å². The van der Waals surface area contributed by atoms with Crippen molar-refractivity contribution in [2.45, 2.75) is 52.4 Å². The molecule has 2 nitrogen and oxygen atoms in total. The Hall–Kier alpha value is -0.0800. The van der Waals surface area contributed by atoms with Crippen LogP contribution in [0.4, 0.5) is 0 Å². The van der Waals surface area contributed by atoms with E-state index >= 15 is 0 Å². The summed E-state index contributed by atoms with van der Waals surface area (Å²) in [6.45, 7) is 6.27. The van der Waals surface area contributed by atoms with Crippen molar-refractivity contribution in [1.29, 1.82) is 0 Å². The highest BCUT2D eigenvalue weighted by atomic mass is 16.6. The van der Waals surface area contributed by atoms with Gasteiger partial charge < -0.3 is 4.84 Å². The minimum atomic E-state index is 0.861. The lowest BCUT2D eigenvalue weighted by Gasteiger charge is -2.04. The Bertz CT molecular complexity index is 66.2. The highest BCUT2D eigenvalue weighted by molar-refractivity contribution is 4.39. The fraction of sp³-hybridized carbons (Fsp3) is 1.00. The average molecular weight is 173 g/mol. The second-order valence-corrected chi connectivity index (χ2v) is 3.16. The van der Waals surface area contributed by atoms with Gasteiger partial charge in [0.25, 0.3) is 0 Å². The van der Waals surface area contributed by atoms with Crippen LogP contribution in [0.15, 0.2) is 0 Å². The number of hydroxylamine groups is 1. The molecule has 74 valence electrons. The van der Waals surface area contributed by atoms with E-state index in [4.69, 9.17) is 4.84 Å². The van der Waals surface area contributed by atoms with Crippen LogP contribution in [0.1, 0.15) is 52.4 Å². The first-order valence-corrected chi connectivity index (χ1v) is 5.26. The highest BCUT2D eigenvalue weighted by Gasteiger charge is 1.88. The van der Waals surface area contributed by atoms with Crippen molar-refractivity contribution in [2.75, 3.05) is 13.2 Å². The molecule has 0 rings (SSSR count). The predicted octanol–water partition coefficient (Wildman–Crippen LogP) is 2.89. The summed E-state index contributed by atoms with van der Waals surface area (Å²) >= 11 is 0. The van der Waals surface area contributed by atoms with Crippen LogP contribution >= 0.6 is 0 Å². The van der Waals surface area contributed by atoms with Crippen molar-refractivity contribution in [3.8, 4) is 0 Å². The molecule has 0 aliphatic heterocycles. The van der Waals surface area contributed by atoms with Gasteiger partial charge in [0.05, 0.1) is 6.61 Å². The molecule has 0 saturated carbocycles. The van der Waals surface area contributed by atoms with Crippen molar-refractivity contribution >= 4 is 0 Å². The molecule has 0 spiro atoms. The first kappa shape index (κ1) is 11.9. The average Bonchev–Trinajstić information content (AvgIpc) is 2.10. The Morgan fingerprint density at radius 3 is 2.25 bits per heavy atom. The van der Waals surface area contributed by atoms with Crippen molar-refractivity contribution in [1.82, 2.24) is 5.48 Å². The van der Waals surface area contributed by atoms with E-state index in [1.807, 2.05) is 0 Å². The molecule has 0 aliphatic rings. The van der Waals surface area contributed by atoms with Crippen LogP contribution in [0, 0.1) is 0 Å². The summed E-state index contributed by atoms with van der Waals surface area (Å²) in [5, 5.41) is 0. The van der Waals surface area contributed by atoms with Gasteiger partial charge in [-0.05, 0) is 12.8 Å². The minimum Gasteiger partial charge on any atom is -0.302 e. The van der Waals surface area contributed by atoms with Gasteiger partial charge in [-0.1, -0.05) is 39.5 Å². The molecule has 0 saturated heterocycles. The van der Waals surface area contributed by atoms with Crippen molar-refractivity contribution < 1.29 is 4.84 Å². The van der Waals surface area contributed by atoms with Gasteiger partial charge in [0.1, 0.15) is 0 Å². The van der Waals surface area contributed by atoms with Crippen LogP contribution in [-0.2, 0) is 4.84 Å². The predicted molar refractivity (Wildman–Crippen MR) is 53.0 cm³/mol. The lowest BCUT2D eigenvalue weighted by Crippen LogP contribution is -2.16. The second-order valence-electron chi connectivity index (χ2n) is 3.16. The summed E-state index contributed by atoms with van der Waals surface area (Å²) in [5.74, 6) is 0. The van der Waals surface area contributed by atoms with E-state index in [9.17, 15) is 0 Å². The van der Waals surface area contributed by atoms with Gasteiger partial charge in [-0.15, -0.1) is 0 Å². The fourth-order valence-electron chi connectivity index (χ4n) is 1.02. The molecule has 0 aliphatic carbocycles. The molecular weight excluding hydrogens is 150 g/mol. The maximum Gasteiger partial charge on any atom is 0.0682 e. The topological polar surface area (TPSA) is 21.3 Å². The summed E-state index contributed by atoms with van der Waals surface area (Å²) in [6.07, 6.45) is 7.51. The summed E-state index contributed by atoms with van der Waals surface area (Å²) in [4.78, 5) is 5.23. The van der Waals surface area contributed by atoms with Gasteiger partial charge in [0.15, 0.2) is 0 Å². The van der Waals surface area contributed by atoms with E-state index in [0.29, 0.717) is 0 Å². The summed E-state index contributed by atoms with van der Waals surface area (Å²) in [5.41, 5.74) is 2.98. The number of hydrogen-bond donors (Lipinski definition) is 1. The first-order valence-electron chi connectivity index (χ1n) is 5.26. The van der Waals surface area contributed by atoms with Crippen LogP contribution in [0.5, 0.6) is 0 Å². The van der Waals surface area contributed by atoms with Crippen LogP contribution in [0.25, 0.3) is 0 Å². The molecule has 12 heavy (non-hydrogen) atoms. The zero-order chi connectivity index (χ0) is 9.07. The zero-order valence-electron chi connectivity index (χ0n) is 8.57. The number of unbranched alkanes of at least 4 members (excludes halogenated alkanes) is 4. The molecule has 0 heterocycles. The Kier molecular flexibility index (Phi) is 10.8. The first-order chi connectivity index (χ1) is 5.91. The molecule has 1 N–H and O–H groups in total. The maximum absolute atomic E-state index is 5.23. The molecule has 0 aromatic heterocycles. The normalized spacial score (nSPS) is 10.5. The second kappa shape index (κ2) is 10.9. The standard InChI is InChI=1S/C10H23NO/c1-3-5-7-9-11-12-10-8-6-4-2/h11H,3-10H2,1-2H3. The number of rotatable bonds is 9. The molecule has 0 unspecified atom stereocenters. The maximum atomic E-state index is 5.23. The lowest BCUT2D eigenvalue weighted by atomic mass is 10.2. The molecule has 0 aromatic rings. The Labute approximate surface area is 76.6 Å². The van der Waals surface area contributed by atoms with E-state index < -0.39 is 0 Å². The van der Waals surface area contributed by atoms with Crippen LogP contribution in [0.3, 0.4) is 0 Å². The molecular formula is C10H23NO. The smallest absolute Gasteiger partial charge is 0.0682 e. The van der Waals surface area contributed by atoms with Gasteiger partial charge in [-0.25, -0.2) is 5.48 Å². The van der Waals surface area contributed by atoms with Crippen molar-refractivity contribution in [3.05, 3.63) is 0 Å². The number of nitrogens with one attached hydrogen (secondary N) is 1. The van der Waals surface area contributed by atoms with E-state index in [1.54, 1.807) is 0 Å². The third-order valence-corrected chi connectivity index (χ3v) is 1.83. The zero-order valence-corrected chi connectivity index (χ0v) is 8.57. The Balaban J connectivity index is 2.73. The van der Waals surface area contributed by atoms with Crippen molar-refractivity contribution in [3.63, 3.8) is 0 Å². The monoisotopic (exact) mass is 173 g/mol. The van der Waals surface area contributed by atoms with E-state index in [2.05, 4.69) is 19.3 Å². The summed E-state index contributed by atoms with van der Waals surface area (Å²) in [7, 11) is 0. The fourth-order valence-corrected chi connectivity index (χ4v) is 1.02. The van der Waals surface area contributed by atoms with Crippen molar-refractivity contribution in [2.24, 2.45) is 0 Å². The third kappa shape index (κ3) is 9.92. The Morgan fingerprint density at radius 1 is 0.917 bits per heavy atom. The highest BCUT2D eigenvalue weighted by Crippen LogP contribution is 1.94. The third-order valence-electron chi connectivity index (χ3n) is 1.83. The molecule has 2 heteroatoms. The van der Waals surface area contributed by atoms with Gasteiger partial charge in [0, 0.05) is 6.54 Å². The Morgan fingerprint density at radius 2 is 1.58 bits per heavy atom. The van der Waals surface area contributed by atoms with Crippen LogP contribution in [0.2, 0.25) is 0 Å². The van der Waals surface area contributed by atoms with Crippen LogP contribution in [-0.4, -0.2) is 13.2 Å². The molecule has 0 atom stereocenters. The lowest BCUT2D eigenvalue weighted by molar-refractivity contribution is 0.0379. The van der Waals surface area contributed by atoms with Gasteiger partial charge in [-0.3, -0.25) is 0 Å². The largest absolute Gasteiger partial charge is 0.302 e. The van der Waals surface area contributed by atoms with Gasteiger partial charge in [-0.2, -0.15) is 0 Å². The SMILES string of the molecule is CCCCCNOCCCCC. The van der Waals surface area contributed by atoms with E-state index in [1.165, 1.54) is 38.5 Å². The van der Waals surface area contributed by atoms with Crippen LogP contribution < -0.4 is 5.48 Å². The summed E-state index contributed by atoms with van der Waals surface area (Å²) in [6, 6.07) is 0. The molecule has 0 fully saturated rings. The van der Waals surface area contributed by atoms with Gasteiger partial charge >= 0.3 is 0 Å². The quantitative estimate of drug-likeness (QED) is 0.427. The van der Waals surface area contributed by atoms with E-state index in [0.717, 1.165) is 13.2 Å². The summed E-state index contributed by atoms with van der Waals surface area (Å²) < 4.78 is 0. The minimum absolute atomic E-state index is 0.861.